The summed E-state index contributed by atoms with van der Waals surface area (Å²) in [5.41, 5.74) is 9.93. The van der Waals surface area contributed by atoms with Gasteiger partial charge in [-0.3, -0.25) is 9.67 Å². The van der Waals surface area contributed by atoms with Crippen molar-refractivity contribution in [1.29, 1.82) is 0 Å². The highest BCUT2D eigenvalue weighted by Crippen LogP contribution is 2.29. The molecule has 0 aliphatic heterocycles. The summed E-state index contributed by atoms with van der Waals surface area (Å²) in [6.45, 7) is 0.781. The second-order valence-electron chi connectivity index (χ2n) is 4.95. The first-order valence-corrected chi connectivity index (χ1v) is 6.47. The quantitative estimate of drug-likeness (QED) is 0.739. The molecule has 0 radical (unpaired) electrons. The van der Waals surface area contributed by atoms with Gasteiger partial charge in [0.15, 0.2) is 0 Å². The molecule has 102 valence electrons. The molecule has 0 amide bonds. The standard InChI is InChI=1S/C15H17N5/c1-19(9-11-8-18-20(2)10-11)14-6-5-13(16)12-4-3-7-17-15(12)14/h3-8,10H,9,16H2,1-2H3. The molecule has 2 aromatic heterocycles. The number of aryl methyl sites for hydroxylation is 1. The Labute approximate surface area is 117 Å². The van der Waals surface area contributed by atoms with E-state index in [2.05, 4.69) is 15.0 Å². The summed E-state index contributed by atoms with van der Waals surface area (Å²) in [5.74, 6) is 0. The molecule has 5 nitrogen and oxygen atoms in total. The Morgan fingerprint density at radius 3 is 2.90 bits per heavy atom. The first-order valence-electron chi connectivity index (χ1n) is 6.47. The van der Waals surface area contributed by atoms with Crippen LogP contribution in [0.2, 0.25) is 0 Å². The zero-order valence-corrected chi connectivity index (χ0v) is 11.6. The number of benzene rings is 1. The lowest BCUT2D eigenvalue weighted by Crippen LogP contribution is -2.16. The second-order valence-corrected chi connectivity index (χ2v) is 4.95. The number of hydrogen-bond acceptors (Lipinski definition) is 4. The first-order chi connectivity index (χ1) is 9.65. The van der Waals surface area contributed by atoms with Crippen molar-refractivity contribution in [1.82, 2.24) is 14.8 Å². The van der Waals surface area contributed by atoms with Gasteiger partial charge in [0.1, 0.15) is 0 Å². The molecule has 0 saturated heterocycles. The van der Waals surface area contributed by atoms with Crippen LogP contribution in [0.5, 0.6) is 0 Å². The number of fused-ring (bicyclic) bond motifs is 1. The van der Waals surface area contributed by atoms with Gasteiger partial charge in [0.25, 0.3) is 0 Å². The van der Waals surface area contributed by atoms with Gasteiger partial charge >= 0.3 is 0 Å². The maximum atomic E-state index is 6.01. The van der Waals surface area contributed by atoms with Gasteiger partial charge in [-0.1, -0.05) is 0 Å². The van der Waals surface area contributed by atoms with Crippen LogP contribution in [-0.4, -0.2) is 21.8 Å². The van der Waals surface area contributed by atoms with Gasteiger partial charge in [-0.25, -0.2) is 0 Å². The van der Waals surface area contributed by atoms with Crippen molar-refractivity contribution < 1.29 is 0 Å². The van der Waals surface area contributed by atoms with E-state index in [0.717, 1.165) is 34.4 Å². The van der Waals surface area contributed by atoms with E-state index in [4.69, 9.17) is 5.73 Å². The number of pyridine rings is 1. The van der Waals surface area contributed by atoms with E-state index in [1.54, 1.807) is 6.20 Å². The van der Waals surface area contributed by atoms with Gasteiger partial charge in [-0.05, 0) is 24.3 Å². The number of nitrogen functional groups attached to an aromatic ring is 1. The lowest BCUT2D eigenvalue weighted by Gasteiger charge is -2.20. The zero-order valence-electron chi connectivity index (χ0n) is 11.6. The van der Waals surface area contributed by atoms with Crippen LogP contribution in [0.4, 0.5) is 11.4 Å². The predicted octanol–water partition coefficient (Wildman–Crippen LogP) is 2.19. The Bertz CT molecular complexity index is 747. The van der Waals surface area contributed by atoms with E-state index < -0.39 is 0 Å². The summed E-state index contributed by atoms with van der Waals surface area (Å²) in [5, 5.41) is 5.18. The van der Waals surface area contributed by atoms with E-state index >= 15 is 0 Å². The van der Waals surface area contributed by atoms with E-state index in [9.17, 15) is 0 Å². The highest BCUT2D eigenvalue weighted by Gasteiger charge is 2.10. The highest BCUT2D eigenvalue weighted by molar-refractivity contribution is 5.98. The molecule has 0 fully saturated rings. The fourth-order valence-electron chi connectivity index (χ4n) is 2.40. The summed E-state index contributed by atoms with van der Waals surface area (Å²) in [6.07, 6.45) is 5.69. The first kappa shape index (κ1) is 12.5. The highest BCUT2D eigenvalue weighted by atomic mass is 15.2. The molecule has 0 aliphatic rings. The molecule has 2 heterocycles. The number of nitrogens with two attached hydrogens (primary N) is 1. The van der Waals surface area contributed by atoms with Gasteiger partial charge in [0.2, 0.25) is 0 Å². The number of anilines is 2. The summed E-state index contributed by atoms with van der Waals surface area (Å²) in [7, 11) is 3.97. The fourth-order valence-corrected chi connectivity index (χ4v) is 2.40. The lowest BCUT2D eigenvalue weighted by molar-refractivity contribution is 0.766. The maximum Gasteiger partial charge on any atom is 0.0955 e. The Balaban J connectivity index is 1.99. The Hall–Kier alpha value is -2.56. The summed E-state index contributed by atoms with van der Waals surface area (Å²) >= 11 is 0. The summed E-state index contributed by atoms with van der Waals surface area (Å²) in [6, 6.07) is 7.85. The van der Waals surface area contributed by atoms with Gasteiger partial charge in [0, 0.05) is 49.7 Å². The smallest absolute Gasteiger partial charge is 0.0955 e. The van der Waals surface area contributed by atoms with Crippen LogP contribution < -0.4 is 10.6 Å². The van der Waals surface area contributed by atoms with E-state index in [-0.39, 0.29) is 0 Å². The SMILES string of the molecule is CN(Cc1cnn(C)c1)c1ccc(N)c2cccnc12. The predicted molar refractivity (Wildman–Crippen MR) is 81.5 cm³/mol. The topological polar surface area (TPSA) is 60.0 Å². The molecule has 0 unspecified atom stereocenters. The summed E-state index contributed by atoms with van der Waals surface area (Å²) < 4.78 is 1.81. The normalized spacial score (nSPS) is 10.9. The van der Waals surface area contributed by atoms with E-state index in [1.807, 2.05) is 55.4 Å². The lowest BCUT2D eigenvalue weighted by atomic mass is 10.1. The average Bonchev–Trinajstić information content (AvgIpc) is 2.84. The Morgan fingerprint density at radius 1 is 1.30 bits per heavy atom. The van der Waals surface area contributed by atoms with Gasteiger partial charge in [-0.2, -0.15) is 5.10 Å². The Morgan fingerprint density at radius 2 is 2.15 bits per heavy atom. The van der Waals surface area contributed by atoms with Crippen LogP contribution in [0.15, 0.2) is 42.9 Å². The van der Waals surface area contributed by atoms with Crippen LogP contribution in [-0.2, 0) is 13.6 Å². The molecule has 3 rings (SSSR count). The molecule has 20 heavy (non-hydrogen) atoms. The third-order valence-electron chi connectivity index (χ3n) is 3.37. The molecule has 0 saturated carbocycles. The number of hydrogen-bond donors (Lipinski definition) is 1. The van der Waals surface area contributed by atoms with Crippen LogP contribution >= 0.6 is 0 Å². The van der Waals surface area contributed by atoms with Crippen LogP contribution in [0.1, 0.15) is 5.56 Å². The minimum Gasteiger partial charge on any atom is -0.398 e. The van der Waals surface area contributed by atoms with Crippen molar-refractivity contribution in [2.75, 3.05) is 17.7 Å². The zero-order chi connectivity index (χ0) is 14.1. The molecule has 0 spiro atoms. The molecule has 2 N–H and O–H groups in total. The van der Waals surface area contributed by atoms with Crippen molar-refractivity contribution in [2.24, 2.45) is 7.05 Å². The third-order valence-corrected chi connectivity index (χ3v) is 3.37. The Kier molecular flexibility index (Phi) is 3.02. The minimum atomic E-state index is 0.756. The largest absolute Gasteiger partial charge is 0.398 e. The second kappa shape index (κ2) is 4.85. The van der Waals surface area contributed by atoms with Gasteiger partial charge < -0.3 is 10.6 Å². The molecule has 0 bridgehead atoms. The van der Waals surface area contributed by atoms with Crippen LogP contribution in [0, 0.1) is 0 Å². The van der Waals surface area contributed by atoms with Crippen LogP contribution in [0.3, 0.4) is 0 Å². The maximum absolute atomic E-state index is 6.01. The van der Waals surface area contributed by atoms with Crippen molar-refractivity contribution in [2.45, 2.75) is 6.54 Å². The van der Waals surface area contributed by atoms with E-state index in [1.165, 1.54) is 0 Å². The average molecular weight is 267 g/mol. The molecule has 0 aliphatic carbocycles. The van der Waals surface area contributed by atoms with Crippen molar-refractivity contribution in [3.8, 4) is 0 Å². The molecule has 3 aromatic rings. The van der Waals surface area contributed by atoms with Crippen molar-refractivity contribution in [3.05, 3.63) is 48.4 Å². The van der Waals surface area contributed by atoms with Crippen molar-refractivity contribution >= 4 is 22.3 Å². The fraction of sp³-hybridized carbons (Fsp3) is 0.200. The minimum absolute atomic E-state index is 0.756. The third kappa shape index (κ3) is 2.18. The molecule has 5 heteroatoms. The van der Waals surface area contributed by atoms with Gasteiger partial charge in [0.05, 0.1) is 17.4 Å². The van der Waals surface area contributed by atoms with Crippen molar-refractivity contribution in [3.63, 3.8) is 0 Å². The molecule has 0 atom stereocenters. The number of rotatable bonds is 3. The molecular weight excluding hydrogens is 250 g/mol. The molecular formula is C15H17N5. The molecule has 1 aromatic carbocycles. The van der Waals surface area contributed by atoms with Crippen LogP contribution in [0.25, 0.3) is 10.9 Å². The van der Waals surface area contributed by atoms with Gasteiger partial charge in [-0.15, -0.1) is 0 Å². The van der Waals surface area contributed by atoms with E-state index in [0.29, 0.717) is 0 Å². The number of nitrogens with zero attached hydrogens (tertiary/aromatic N) is 4. The number of aromatic nitrogens is 3. The summed E-state index contributed by atoms with van der Waals surface area (Å²) in [4.78, 5) is 6.63. The monoisotopic (exact) mass is 267 g/mol.